The number of aromatic nitrogens is 1. The van der Waals surface area contributed by atoms with E-state index in [1.54, 1.807) is 0 Å². The van der Waals surface area contributed by atoms with E-state index in [9.17, 15) is 0 Å². The molecule has 88 valence electrons. The summed E-state index contributed by atoms with van der Waals surface area (Å²) in [5, 5.41) is 2.64. The third-order valence-electron chi connectivity index (χ3n) is 2.93. The van der Waals surface area contributed by atoms with Crippen molar-refractivity contribution in [3.63, 3.8) is 0 Å². The number of benzene rings is 2. The molecule has 5 heteroatoms. The number of hydrogen-bond donors (Lipinski definition) is 0. The van der Waals surface area contributed by atoms with Crippen LogP contribution in [0.15, 0.2) is 34.7 Å². The van der Waals surface area contributed by atoms with Gasteiger partial charge in [-0.15, -0.1) is 11.3 Å². The molecule has 0 N–H and O–H groups in total. The molecule has 4 aromatic rings. The predicted octanol–water partition coefficient (Wildman–Crippen LogP) is 5.50. The van der Waals surface area contributed by atoms with Crippen molar-refractivity contribution in [2.24, 2.45) is 0 Å². The first kappa shape index (κ1) is 10.6. The minimum Gasteiger partial charge on any atom is -0.456 e. The zero-order valence-electron chi connectivity index (χ0n) is 8.91. The van der Waals surface area contributed by atoms with E-state index in [-0.39, 0.29) is 0 Å². The average molecular weight is 294 g/mol. The fourth-order valence-electron chi connectivity index (χ4n) is 2.18. The van der Waals surface area contributed by atoms with Gasteiger partial charge in [0.05, 0.1) is 15.2 Å². The summed E-state index contributed by atoms with van der Waals surface area (Å²) in [4.78, 5) is 4.25. The fraction of sp³-hybridized carbons (Fsp3) is 0. The van der Waals surface area contributed by atoms with E-state index >= 15 is 0 Å². The fourth-order valence-corrected chi connectivity index (χ4v) is 3.50. The van der Waals surface area contributed by atoms with Crippen LogP contribution in [0.5, 0.6) is 0 Å². The monoisotopic (exact) mass is 293 g/mol. The maximum Gasteiger partial charge on any atom is 0.184 e. The van der Waals surface area contributed by atoms with Gasteiger partial charge in [-0.1, -0.05) is 29.3 Å². The Morgan fingerprint density at radius 2 is 2.00 bits per heavy atom. The molecule has 0 aliphatic carbocycles. The first-order valence-electron chi connectivity index (χ1n) is 5.29. The molecule has 4 rings (SSSR count). The number of hydrogen-bond acceptors (Lipinski definition) is 3. The van der Waals surface area contributed by atoms with E-state index < -0.39 is 0 Å². The number of thiazole rings is 1. The van der Waals surface area contributed by atoms with Gasteiger partial charge in [0.1, 0.15) is 11.2 Å². The number of fused-ring (bicyclic) bond motifs is 4. The Hall–Kier alpha value is -1.29. The van der Waals surface area contributed by atoms with Gasteiger partial charge < -0.3 is 4.42 Å². The van der Waals surface area contributed by atoms with Gasteiger partial charge in [0.2, 0.25) is 0 Å². The second-order valence-corrected chi connectivity index (χ2v) is 6.02. The van der Waals surface area contributed by atoms with E-state index in [2.05, 4.69) is 4.98 Å². The molecule has 0 saturated carbocycles. The van der Waals surface area contributed by atoms with Crippen molar-refractivity contribution < 1.29 is 4.42 Å². The van der Waals surface area contributed by atoms with E-state index in [1.807, 2.05) is 30.3 Å². The standard InChI is InChI=1S/C13H5Cl2NOS/c14-7-2-1-3-9-12(7)6-4-11-8(5-10(6)17-9)16-13(15)18-11/h1-5H. The van der Waals surface area contributed by atoms with Gasteiger partial charge in [-0.25, -0.2) is 4.98 Å². The van der Waals surface area contributed by atoms with E-state index in [4.69, 9.17) is 27.6 Å². The first-order chi connectivity index (χ1) is 8.72. The van der Waals surface area contributed by atoms with E-state index in [1.165, 1.54) is 11.3 Å². The van der Waals surface area contributed by atoms with Crippen molar-refractivity contribution in [3.05, 3.63) is 39.8 Å². The highest BCUT2D eigenvalue weighted by atomic mass is 35.5. The van der Waals surface area contributed by atoms with Crippen molar-refractivity contribution in [3.8, 4) is 0 Å². The largest absolute Gasteiger partial charge is 0.456 e. The average Bonchev–Trinajstić information content (AvgIpc) is 2.84. The van der Waals surface area contributed by atoms with E-state index in [0.717, 1.165) is 32.2 Å². The normalized spacial score (nSPS) is 11.9. The number of furan rings is 1. The third-order valence-corrected chi connectivity index (χ3v) is 4.37. The molecular weight excluding hydrogens is 289 g/mol. The van der Waals surface area contributed by atoms with Crippen molar-refractivity contribution >= 4 is 66.7 Å². The summed E-state index contributed by atoms with van der Waals surface area (Å²) in [7, 11) is 0. The van der Waals surface area contributed by atoms with Crippen LogP contribution in [-0.4, -0.2) is 4.98 Å². The third kappa shape index (κ3) is 1.38. The Bertz CT molecular complexity index is 909. The van der Waals surface area contributed by atoms with Gasteiger partial charge in [0, 0.05) is 16.8 Å². The molecule has 0 amide bonds. The zero-order chi connectivity index (χ0) is 12.3. The maximum absolute atomic E-state index is 6.24. The van der Waals surface area contributed by atoms with Crippen molar-refractivity contribution in [1.29, 1.82) is 0 Å². The van der Waals surface area contributed by atoms with Crippen LogP contribution in [0.2, 0.25) is 9.49 Å². The van der Waals surface area contributed by atoms with Gasteiger partial charge in [-0.3, -0.25) is 0 Å². The minimum atomic E-state index is 0.535. The van der Waals surface area contributed by atoms with Crippen LogP contribution >= 0.6 is 34.5 Å². The lowest BCUT2D eigenvalue weighted by atomic mass is 10.1. The highest BCUT2D eigenvalue weighted by Crippen LogP contribution is 2.37. The van der Waals surface area contributed by atoms with Crippen LogP contribution in [0, 0.1) is 0 Å². The Morgan fingerprint density at radius 3 is 2.89 bits per heavy atom. The Morgan fingerprint density at radius 1 is 1.11 bits per heavy atom. The quantitative estimate of drug-likeness (QED) is 0.428. The van der Waals surface area contributed by atoms with Crippen LogP contribution in [0.4, 0.5) is 0 Å². The number of nitrogens with zero attached hydrogens (tertiary/aromatic N) is 1. The zero-order valence-corrected chi connectivity index (χ0v) is 11.2. The molecule has 18 heavy (non-hydrogen) atoms. The second kappa shape index (κ2) is 3.60. The molecule has 2 nitrogen and oxygen atoms in total. The SMILES string of the molecule is Clc1nc2cc3oc4cccc(Cl)c4c3cc2s1. The lowest BCUT2D eigenvalue weighted by Gasteiger charge is -1.92. The Balaban J connectivity index is 2.27. The van der Waals surface area contributed by atoms with Crippen LogP contribution in [0.3, 0.4) is 0 Å². The summed E-state index contributed by atoms with van der Waals surface area (Å²) in [6, 6.07) is 9.60. The number of rotatable bonds is 0. The topological polar surface area (TPSA) is 26.0 Å². The molecule has 2 aromatic carbocycles. The molecule has 2 heterocycles. The van der Waals surface area contributed by atoms with Crippen LogP contribution in [0.25, 0.3) is 32.2 Å². The smallest absolute Gasteiger partial charge is 0.184 e. The Kier molecular flexibility index (Phi) is 2.13. The summed E-state index contributed by atoms with van der Waals surface area (Å²) < 4.78 is 7.36. The van der Waals surface area contributed by atoms with Crippen molar-refractivity contribution in [2.75, 3.05) is 0 Å². The van der Waals surface area contributed by atoms with Gasteiger partial charge in [0.15, 0.2) is 4.47 Å². The lowest BCUT2D eigenvalue weighted by Crippen LogP contribution is -1.70. The molecule has 0 unspecified atom stereocenters. The molecule has 0 bridgehead atoms. The molecule has 0 radical (unpaired) electrons. The summed E-state index contributed by atoms with van der Waals surface area (Å²) >= 11 is 13.6. The van der Waals surface area contributed by atoms with E-state index in [0.29, 0.717) is 9.49 Å². The highest BCUT2D eigenvalue weighted by molar-refractivity contribution is 7.22. The van der Waals surface area contributed by atoms with Crippen molar-refractivity contribution in [2.45, 2.75) is 0 Å². The molecular formula is C13H5Cl2NOS. The summed E-state index contributed by atoms with van der Waals surface area (Å²) in [5.74, 6) is 0. The van der Waals surface area contributed by atoms with Crippen LogP contribution < -0.4 is 0 Å². The maximum atomic E-state index is 6.24. The van der Waals surface area contributed by atoms with Gasteiger partial charge >= 0.3 is 0 Å². The lowest BCUT2D eigenvalue weighted by molar-refractivity contribution is 0.669. The second-order valence-electron chi connectivity index (χ2n) is 4.00. The Labute approximate surface area is 116 Å². The van der Waals surface area contributed by atoms with Crippen LogP contribution in [0.1, 0.15) is 0 Å². The molecule has 0 saturated heterocycles. The number of halogens is 2. The van der Waals surface area contributed by atoms with Gasteiger partial charge in [-0.05, 0) is 18.2 Å². The van der Waals surface area contributed by atoms with Gasteiger partial charge in [0.25, 0.3) is 0 Å². The van der Waals surface area contributed by atoms with Crippen LogP contribution in [-0.2, 0) is 0 Å². The molecule has 2 aromatic heterocycles. The van der Waals surface area contributed by atoms with Crippen molar-refractivity contribution in [1.82, 2.24) is 4.98 Å². The summed E-state index contributed by atoms with van der Waals surface area (Å²) in [5.41, 5.74) is 2.43. The van der Waals surface area contributed by atoms with Gasteiger partial charge in [-0.2, -0.15) is 0 Å². The molecule has 0 aliphatic rings. The minimum absolute atomic E-state index is 0.535. The first-order valence-corrected chi connectivity index (χ1v) is 6.86. The molecule has 0 fully saturated rings. The predicted molar refractivity (Wildman–Crippen MR) is 76.9 cm³/mol. The molecule has 0 spiro atoms. The summed E-state index contributed by atoms with van der Waals surface area (Å²) in [6.45, 7) is 0. The molecule has 0 aliphatic heterocycles. The summed E-state index contributed by atoms with van der Waals surface area (Å²) in [6.07, 6.45) is 0. The highest BCUT2D eigenvalue weighted by Gasteiger charge is 2.12. The molecule has 0 atom stereocenters.